The standard InChI is InChI=1S/C19H26N4O/c1-22-18-16(10-5-11-20-18)17(21-22)15-9-6-12-23(13-15)19(24)14-7-3-2-4-8-14/h5,10-11,14-15H,2-4,6-9,12-13H2,1H3. The van der Waals surface area contributed by atoms with E-state index in [1.54, 1.807) is 0 Å². The number of hydrogen-bond acceptors (Lipinski definition) is 3. The van der Waals surface area contributed by atoms with E-state index < -0.39 is 0 Å². The second-order valence-corrected chi connectivity index (χ2v) is 7.34. The zero-order chi connectivity index (χ0) is 16.5. The quantitative estimate of drug-likeness (QED) is 0.851. The van der Waals surface area contributed by atoms with Gasteiger partial charge in [-0.15, -0.1) is 0 Å². The van der Waals surface area contributed by atoms with Gasteiger partial charge in [0.25, 0.3) is 0 Å². The van der Waals surface area contributed by atoms with E-state index >= 15 is 0 Å². The van der Waals surface area contributed by atoms with E-state index in [-0.39, 0.29) is 5.92 Å². The Morgan fingerprint density at radius 2 is 2.00 bits per heavy atom. The van der Waals surface area contributed by atoms with Crippen LogP contribution in [0.5, 0.6) is 0 Å². The molecule has 0 spiro atoms. The molecule has 2 fully saturated rings. The summed E-state index contributed by atoms with van der Waals surface area (Å²) in [6.45, 7) is 1.73. The number of carbonyl (C=O) groups is 1. The topological polar surface area (TPSA) is 51.0 Å². The molecule has 1 atom stereocenters. The molecule has 1 aliphatic heterocycles. The number of likely N-dealkylation sites (tertiary alicyclic amines) is 1. The van der Waals surface area contributed by atoms with Crippen LogP contribution in [-0.4, -0.2) is 38.7 Å². The molecule has 24 heavy (non-hydrogen) atoms. The molecule has 1 unspecified atom stereocenters. The van der Waals surface area contributed by atoms with Crippen molar-refractivity contribution in [2.75, 3.05) is 13.1 Å². The number of carbonyl (C=O) groups excluding carboxylic acids is 1. The van der Waals surface area contributed by atoms with Crippen molar-refractivity contribution in [3.8, 4) is 0 Å². The minimum Gasteiger partial charge on any atom is -0.342 e. The second kappa shape index (κ2) is 6.54. The second-order valence-electron chi connectivity index (χ2n) is 7.34. The molecule has 3 heterocycles. The zero-order valence-electron chi connectivity index (χ0n) is 14.4. The molecule has 1 saturated heterocycles. The maximum Gasteiger partial charge on any atom is 0.225 e. The van der Waals surface area contributed by atoms with Gasteiger partial charge in [-0.3, -0.25) is 9.48 Å². The van der Waals surface area contributed by atoms with Crippen LogP contribution in [0.2, 0.25) is 0 Å². The molecule has 5 nitrogen and oxygen atoms in total. The summed E-state index contributed by atoms with van der Waals surface area (Å²) in [4.78, 5) is 19.4. The SMILES string of the molecule is Cn1nc(C2CCCN(C(=O)C3CCCCC3)C2)c2cccnc21. The summed E-state index contributed by atoms with van der Waals surface area (Å²) in [7, 11) is 1.95. The average molecular weight is 326 g/mol. The van der Waals surface area contributed by atoms with Crippen molar-refractivity contribution in [2.45, 2.75) is 50.9 Å². The van der Waals surface area contributed by atoms with Crippen LogP contribution >= 0.6 is 0 Å². The number of aryl methyl sites for hydroxylation is 1. The molecule has 128 valence electrons. The molecule has 2 aromatic rings. The van der Waals surface area contributed by atoms with Gasteiger partial charge in [-0.25, -0.2) is 4.98 Å². The van der Waals surface area contributed by atoms with Crippen LogP contribution < -0.4 is 0 Å². The van der Waals surface area contributed by atoms with E-state index in [2.05, 4.69) is 16.0 Å². The molecule has 1 amide bonds. The number of aromatic nitrogens is 3. The maximum atomic E-state index is 12.9. The first-order valence-electron chi connectivity index (χ1n) is 9.30. The van der Waals surface area contributed by atoms with Gasteiger partial charge in [-0.1, -0.05) is 19.3 Å². The number of amides is 1. The summed E-state index contributed by atoms with van der Waals surface area (Å²) in [6.07, 6.45) is 9.87. The third-order valence-electron chi connectivity index (χ3n) is 5.70. The molecule has 1 aliphatic carbocycles. The Balaban J connectivity index is 1.55. The molecule has 0 radical (unpaired) electrons. The monoisotopic (exact) mass is 326 g/mol. The minimum atomic E-state index is 0.264. The van der Waals surface area contributed by atoms with E-state index in [9.17, 15) is 4.79 Å². The molecule has 2 aromatic heterocycles. The van der Waals surface area contributed by atoms with Crippen molar-refractivity contribution in [3.63, 3.8) is 0 Å². The highest BCUT2D eigenvalue weighted by Crippen LogP contribution is 2.33. The molecular weight excluding hydrogens is 300 g/mol. The van der Waals surface area contributed by atoms with Crippen LogP contribution in [0.3, 0.4) is 0 Å². The van der Waals surface area contributed by atoms with Gasteiger partial charge in [0, 0.05) is 43.6 Å². The number of hydrogen-bond donors (Lipinski definition) is 0. The van der Waals surface area contributed by atoms with Gasteiger partial charge in [0.15, 0.2) is 5.65 Å². The van der Waals surface area contributed by atoms with E-state index in [0.29, 0.717) is 11.8 Å². The lowest BCUT2D eigenvalue weighted by atomic mass is 9.86. The van der Waals surface area contributed by atoms with Crippen LogP contribution in [0.4, 0.5) is 0 Å². The highest BCUT2D eigenvalue weighted by atomic mass is 16.2. The predicted molar refractivity (Wildman–Crippen MR) is 93.6 cm³/mol. The summed E-state index contributed by atoms with van der Waals surface area (Å²) >= 11 is 0. The van der Waals surface area contributed by atoms with Gasteiger partial charge in [-0.2, -0.15) is 5.10 Å². The average Bonchev–Trinajstić information content (AvgIpc) is 2.99. The van der Waals surface area contributed by atoms with Crippen LogP contribution in [0, 0.1) is 5.92 Å². The summed E-state index contributed by atoms with van der Waals surface area (Å²) in [5, 5.41) is 5.87. The first kappa shape index (κ1) is 15.6. The van der Waals surface area contributed by atoms with Crippen molar-refractivity contribution in [3.05, 3.63) is 24.0 Å². The Morgan fingerprint density at radius 3 is 2.83 bits per heavy atom. The predicted octanol–water partition coefficient (Wildman–Crippen LogP) is 3.25. The van der Waals surface area contributed by atoms with E-state index in [4.69, 9.17) is 5.10 Å². The Labute approximate surface area is 143 Å². The van der Waals surface area contributed by atoms with Crippen LogP contribution in [-0.2, 0) is 11.8 Å². The lowest BCUT2D eigenvalue weighted by Gasteiger charge is -2.35. The normalized spacial score (nSPS) is 22.9. The Hall–Kier alpha value is -1.91. The highest BCUT2D eigenvalue weighted by molar-refractivity contribution is 5.80. The summed E-state index contributed by atoms with van der Waals surface area (Å²) in [6, 6.07) is 4.08. The Bertz CT molecular complexity index is 732. The molecule has 0 bridgehead atoms. The molecular formula is C19H26N4O. The summed E-state index contributed by atoms with van der Waals surface area (Å²) in [5.74, 6) is 0.983. The van der Waals surface area contributed by atoms with Gasteiger partial charge >= 0.3 is 0 Å². The molecule has 2 aliphatic rings. The fourth-order valence-corrected chi connectivity index (χ4v) is 4.43. The first-order chi connectivity index (χ1) is 11.7. The van der Waals surface area contributed by atoms with Crippen LogP contribution in [0.1, 0.15) is 56.6 Å². The third kappa shape index (κ3) is 2.80. The van der Waals surface area contributed by atoms with E-state index in [1.807, 2.05) is 24.0 Å². The van der Waals surface area contributed by atoms with Gasteiger partial charge in [0.05, 0.1) is 5.69 Å². The van der Waals surface area contributed by atoms with Gasteiger partial charge in [-0.05, 0) is 37.8 Å². The maximum absolute atomic E-state index is 12.9. The Kier molecular flexibility index (Phi) is 4.25. The third-order valence-corrected chi connectivity index (χ3v) is 5.70. The molecule has 0 N–H and O–H groups in total. The zero-order valence-corrected chi connectivity index (χ0v) is 14.4. The van der Waals surface area contributed by atoms with Gasteiger partial charge < -0.3 is 4.90 Å². The largest absolute Gasteiger partial charge is 0.342 e. The number of piperidine rings is 1. The van der Waals surface area contributed by atoms with Gasteiger partial charge in [0.2, 0.25) is 5.91 Å². The van der Waals surface area contributed by atoms with Gasteiger partial charge in [0.1, 0.15) is 0 Å². The molecule has 0 aromatic carbocycles. The number of rotatable bonds is 2. The smallest absolute Gasteiger partial charge is 0.225 e. The van der Waals surface area contributed by atoms with Crippen molar-refractivity contribution < 1.29 is 4.79 Å². The number of fused-ring (bicyclic) bond motifs is 1. The van der Waals surface area contributed by atoms with Crippen molar-refractivity contribution >= 4 is 16.9 Å². The summed E-state index contributed by atoms with van der Waals surface area (Å²) < 4.78 is 1.87. The lowest BCUT2D eigenvalue weighted by molar-refractivity contribution is -0.137. The van der Waals surface area contributed by atoms with Crippen molar-refractivity contribution in [1.29, 1.82) is 0 Å². The Morgan fingerprint density at radius 1 is 1.17 bits per heavy atom. The van der Waals surface area contributed by atoms with Crippen LogP contribution in [0.15, 0.2) is 18.3 Å². The van der Waals surface area contributed by atoms with E-state index in [1.165, 1.54) is 19.3 Å². The minimum absolute atomic E-state index is 0.264. The first-order valence-corrected chi connectivity index (χ1v) is 9.30. The molecule has 4 rings (SSSR count). The van der Waals surface area contributed by atoms with Crippen LogP contribution in [0.25, 0.3) is 11.0 Å². The fraction of sp³-hybridized carbons (Fsp3) is 0.632. The molecule has 5 heteroatoms. The molecule has 1 saturated carbocycles. The van der Waals surface area contributed by atoms with Crippen molar-refractivity contribution in [2.24, 2.45) is 13.0 Å². The number of pyridine rings is 1. The lowest BCUT2D eigenvalue weighted by Crippen LogP contribution is -2.43. The van der Waals surface area contributed by atoms with E-state index in [0.717, 1.165) is 55.5 Å². The summed E-state index contributed by atoms with van der Waals surface area (Å²) in [5.41, 5.74) is 2.05. The number of nitrogens with zero attached hydrogens (tertiary/aromatic N) is 4. The van der Waals surface area contributed by atoms with Crippen molar-refractivity contribution in [1.82, 2.24) is 19.7 Å². The highest BCUT2D eigenvalue weighted by Gasteiger charge is 2.32. The fourth-order valence-electron chi connectivity index (χ4n) is 4.43.